The third kappa shape index (κ3) is 6.29. The van der Waals surface area contributed by atoms with Gasteiger partial charge in [-0.15, -0.1) is 0 Å². The van der Waals surface area contributed by atoms with Gasteiger partial charge in [-0.05, 0) is 55.8 Å². The van der Waals surface area contributed by atoms with Crippen molar-refractivity contribution in [3.8, 4) is 5.75 Å². The highest BCUT2D eigenvalue weighted by atomic mass is 35.5. The van der Waals surface area contributed by atoms with Crippen molar-refractivity contribution < 1.29 is 14.3 Å². The summed E-state index contributed by atoms with van der Waals surface area (Å²) in [6.45, 7) is 5.75. The Morgan fingerprint density at radius 3 is 2.60 bits per heavy atom. The lowest BCUT2D eigenvalue weighted by atomic mass is 10.2. The van der Waals surface area contributed by atoms with Gasteiger partial charge in [0.25, 0.3) is 0 Å². The second kappa shape index (κ2) is 9.91. The Morgan fingerprint density at radius 1 is 1.12 bits per heavy atom. The quantitative estimate of drug-likeness (QED) is 0.659. The highest BCUT2D eigenvalue weighted by Gasteiger charge is 2.06. The predicted molar refractivity (Wildman–Crippen MR) is 102 cm³/mol. The molecule has 0 radical (unpaired) electrons. The Labute approximate surface area is 153 Å². The van der Waals surface area contributed by atoms with Crippen LogP contribution in [0.25, 0.3) is 0 Å². The molecule has 2 N–H and O–H groups in total. The number of hydrogen-bond acceptors (Lipinski definition) is 4. The molecule has 0 spiro atoms. The fraction of sp³-hybridized carbons (Fsp3) is 0.316. The molecule has 5 nitrogen and oxygen atoms in total. The van der Waals surface area contributed by atoms with Crippen LogP contribution in [-0.4, -0.2) is 32.3 Å². The summed E-state index contributed by atoms with van der Waals surface area (Å²) >= 11 is 6.07. The van der Waals surface area contributed by atoms with Crippen molar-refractivity contribution in [1.82, 2.24) is 0 Å². The van der Waals surface area contributed by atoms with Crippen LogP contribution >= 0.6 is 11.6 Å². The third-order valence-electron chi connectivity index (χ3n) is 3.55. The maximum atomic E-state index is 12.1. The van der Waals surface area contributed by atoms with Crippen LogP contribution < -0.4 is 15.4 Å². The van der Waals surface area contributed by atoms with Crippen LogP contribution in [0.4, 0.5) is 11.4 Å². The van der Waals surface area contributed by atoms with Gasteiger partial charge in [0.15, 0.2) is 0 Å². The molecule has 0 saturated carbocycles. The predicted octanol–water partition coefficient (Wildman–Crippen LogP) is 4.11. The van der Waals surface area contributed by atoms with E-state index in [1.807, 2.05) is 44.2 Å². The molecule has 2 aromatic carbocycles. The second-order valence-electron chi connectivity index (χ2n) is 5.38. The summed E-state index contributed by atoms with van der Waals surface area (Å²) in [6.07, 6.45) is 0. The lowest BCUT2D eigenvalue weighted by molar-refractivity contribution is -0.114. The maximum Gasteiger partial charge on any atom is 0.243 e. The van der Waals surface area contributed by atoms with Crippen LogP contribution in [0.3, 0.4) is 0 Å². The number of anilines is 2. The molecule has 0 bridgehead atoms. The van der Waals surface area contributed by atoms with E-state index in [2.05, 4.69) is 10.6 Å². The zero-order chi connectivity index (χ0) is 18.1. The van der Waals surface area contributed by atoms with Gasteiger partial charge in [-0.1, -0.05) is 17.7 Å². The Bertz CT molecular complexity index is 690. The van der Waals surface area contributed by atoms with E-state index in [-0.39, 0.29) is 12.5 Å². The molecule has 0 atom stereocenters. The number of hydrogen-bond donors (Lipinski definition) is 2. The first-order chi connectivity index (χ1) is 12.1. The normalized spacial score (nSPS) is 10.4. The van der Waals surface area contributed by atoms with E-state index in [1.54, 1.807) is 12.1 Å². The summed E-state index contributed by atoms with van der Waals surface area (Å²) in [5, 5.41) is 6.60. The molecular formula is C19H23ClN2O3. The summed E-state index contributed by atoms with van der Waals surface area (Å²) in [5.41, 5.74) is 2.48. The number of benzene rings is 2. The first kappa shape index (κ1) is 19.1. The summed E-state index contributed by atoms with van der Waals surface area (Å²) in [6, 6.07) is 12.8. The molecule has 25 heavy (non-hydrogen) atoms. The van der Waals surface area contributed by atoms with Crippen LogP contribution in [0.15, 0.2) is 42.5 Å². The van der Waals surface area contributed by atoms with Crippen molar-refractivity contribution in [2.75, 3.05) is 37.0 Å². The Balaban J connectivity index is 1.79. The van der Waals surface area contributed by atoms with Gasteiger partial charge in [0.1, 0.15) is 12.4 Å². The van der Waals surface area contributed by atoms with Gasteiger partial charge in [0.2, 0.25) is 5.91 Å². The molecule has 0 saturated heterocycles. The minimum absolute atomic E-state index is 0.135. The molecule has 0 aromatic heterocycles. The van der Waals surface area contributed by atoms with Gasteiger partial charge in [-0.25, -0.2) is 0 Å². The van der Waals surface area contributed by atoms with Crippen molar-refractivity contribution in [2.45, 2.75) is 13.8 Å². The number of halogens is 1. The number of amides is 1. The minimum atomic E-state index is -0.135. The molecule has 0 aliphatic carbocycles. The Morgan fingerprint density at radius 2 is 1.88 bits per heavy atom. The number of rotatable bonds is 9. The highest BCUT2D eigenvalue weighted by Crippen LogP contribution is 2.22. The maximum absolute atomic E-state index is 12.1. The molecule has 0 fully saturated rings. The molecule has 0 unspecified atom stereocenters. The van der Waals surface area contributed by atoms with Crippen LogP contribution in [0.5, 0.6) is 5.75 Å². The van der Waals surface area contributed by atoms with Crippen LogP contribution in [0.2, 0.25) is 5.02 Å². The summed E-state index contributed by atoms with van der Waals surface area (Å²) in [7, 11) is 0. The summed E-state index contributed by atoms with van der Waals surface area (Å²) < 4.78 is 10.7. The van der Waals surface area contributed by atoms with Crippen molar-refractivity contribution in [3.05, 3.63) is 53.1 Å². The van der Waals surface area contributed by atoms with Crippen molar-refractivity contribution in [3.63, 3.8) is 0 Å². The standard InChI is InChI=1S/C19H23ClN2O3/c1-3-24-11-12-25-16-9-7-15(8-10-16)22-19(23)13-21-18-6-4-5-17(20)14(18)2/h4-10,21H,3,11-13H2,1-2H3,(H,22,23). The Hall–Kier alpha value is -2.24. The molecule has 2 aromatic rings. The zero-order valence-corrected chi connectivity index (χ0v) is 15.2. The van der Waals surface area contributed by atoms with E-state index in [4.69, 9.17) is 21.1 Å². The van der Waals surface area contributed by atoms with Crippen LogP contribution in [0, 0.1) is 6.92 Å². The van der Waals surface area contributed by atoms with Crippen LogP contribution in [-0.2, 0) is 9.53 Å². The fourth-order valence-electron chi connectivity index (χ4n) is 2.18. The van der Waals surface area contributed by atoms with Gasteiger partial charge in [0, 0.05) is 23.0 Å². The van der Waals surface area contributed by atoms with E-state index in [0.717, 1.165) is 17.0 Å². The van der Waals surface area contributed by atoms with Crippen molar-refractivity contribution >= 4 is 28.9 Å². The van der Waals surface area contributed by atoms with Crippen LogP contribution in [0.1, 0.15) is 12.5 Å². The third-order valence-corrected chi connectivity index (χ3v) is 3.96. The fourth-order valence-corrected chi connectivity index (χ4v) is 2.35. The number of ether oxygens (including phenoxy) is 2. The lowest BCUT2D eigenvalue weighted by Crippen LogP contribution is -2.22. The average Bonchev–Trinajstić information content (AvgIpc) is 2.61. The van der Waals surface area contributed by atoms with Crippen molar-refractivity contribution in [2.24, 2.45) is 0 Å². The van der Waals surface area contributed by atoms with Crippen molar-refractivity contribution in [1.29, 1.82) is 0 Å². The summed E-state index contributed by atoms with van der Waals surface area (Å²) in [4.78, 5) is 12.1. The molecule has 0 heterocycles. The van der Waals surface area contributed by atoms with E-state index in [1.165, 1.54) is 0 Å². The second-order valence-corrected chi connectivity index (χ2v) is 5.79. The first-order valence-electron chi connectivity index (χ1n) is 8.19. The number of carbonyl (C=O) groups excluding carboxylic acids is 1. The average molecular weight is 363 g/mol. The molecule has 1 amide bonds. The molecule has 0 aliphatic rings. The van der Waals surface area contributed by atoms with E-state index < -0.39 is 0 Å². The largest absolute Gasteiger partial charge is 0.491 e. The molecule has 0 aliphatic heterocycles. The molecule has 134 valence electrons. The first-order valence-corrected chi connectivity index (χ1v) is 8.57. The van der Waals surface area contributed by atoms with Gasteiger partial charge in [-0.2, -0.15) is 0 Å². The highest BCUT2D eigenvalue weighted by molar-refractivity contribution is 6.31. The smallest absolute Gasteiger partial charge is 0.243 e. The lowest BCUT2D eigenvalue weighted by Gasteiger charge is -2.11. The van der Waals surface area contributed by atoms with E-state index >= 15 is 0 Å². The van der Waals surface area contributed by atoms with E-state index in [0.29, 0.717) is 30.5 Å². The SMILES string of the molecule is CCOCCOc1ccc(NC(=O)CNc2cccc(Cl)c2C)cc1. The zero-order valence-electron chi connectivity index (χ0n) is 14.5. The monoisotopic (exact) mass is 362 g/mol. The number of carbonyl (C=O) groups is 1. The topological polar surface area (TPSA) is 59.6 Å². The Kier molecular flexibility index (Phi) is 7.57. The van der Waals surface area contributed by atoms with E-state index in [9.17, 15) is 4.79 Å². The molecular weight excluding hydrogens is 340 g/mol. The number of nitrogens with one attached hydrogen (secondary N) is 2. The summed E-state index contributed by atoms with van der Waals surface area (Å²) in [5.74, 6) is 0.606. The van der Waals surface area contributed by atoms with Gasteiger partial charge in [0.05, 0.1) is 13.2 Å². The van der Waals surface area contributed by atoms with Gasteiger partial charge in [-0.3, -0.25) is 4.79 Å². The molecule has 6 heteroatoms. The van der Waals surface area contributed by atoms with Gasteiger partial charge >= 0.3 is 0 Å². The molecule has 2 rings (SSSR count). The van der Waals surface area contributed by atoms with Gasteiger partial charge < -0.3 is 20.1 Å². The minimum Gasteiger partial charge on any atom is -0.491 e.